The van der Waals surface area contributed by atoms with Crippen LogP contribution in [0.2, 0.25) is 0 Å². The van der Waals surface area contributed by atoms with E-state index in [9.17, 15) is 4.79 Å². The van der Waals surface area contributed by atoms with Crippen molar-refractivity contribution < 1.29 is 14.3 Å². The maximum atomic E-state index is 13.4. The van der Waals surface area contributed by atoms with Gasteiger partial charge in [0.05, 0.1) is 11.6 Å². The Morgan fingerprint density at radius 3 is 2.84 bits per heavy atom. The molecule has 1 atom stereocenters. The Morgan fingerprint density at radius 2 is 1.94 bits per heavy atom. The second-order valence-electron chi connectivity index (χ2n) is 9.18. The van der Waals surface area contributed by atoms with E-state index in [-0.39, 0.29) is 18.2 Å². The molecule has 3 heterocycles. The summed E-state index contributed by atoms with van der Waals surface area (Å²) in [6.07, 6.45) is 5.60. The first-order chi connectivity index (χ1) is 15.7. The van der Waals surface area contributed by atoms with E-state index in [4.69, 9.17) is 14.5 Å². The smallest absolute Gasteiger partial charge is 0.254 e. The highest BCUT2D eigenvalue weighted by Gasteiger charge is 2.46. The third kappa shape index (κ3) is 3.41. The molecule has 1 spiro atoms. The fraction of sp³-hybridized carbons (Fsp3) is 0.440. The molecular weight excluding hydrogens is 404 g/mol. The lowest BCUT2D eigenvalue weighted by Gasteiger charge is -2.31. The molecule has 2 fully saturated rings. The third-order valence-corrected chi connectivity index (χ3v) is 7.15. The van der Waals surface area contributed by atoms with Crippen molar-refractivity contribution in [2.45, 2.75) is 50.2 Å². The first kappa shape index (κ1) is 19.6. The summed E-state index contributed by atoms with van der Waals surface area (Å²) in [5, 5.41) is 7.45. The number of fused-ring (bicyclic) bond motifs is 2. The maximum absolute atomic E-state index is 13.4. The van der Waals surface area contributed by atoms with Crippen LogP contribution in [-0.2, 0) is 6.54 Å². The van der Waals surface area contributed by atoms with Gasteiger partial charge in [-0.3, -0.25) is 15.1 Å². The first-order valence-electron chi connectivity index (χ1n) is 11.6. The van der Waals surface area contributed by atoms with E-state index in [0.29, 0.717) is 36.2 Å². The molecular formula is C25H28N4O3. The summed E-state index contributed by atoms with van der Waals surface area (Å²) in [6.45, 7) is 2.23. The van der Waals surface area contributed by atoms with Gasteiger partial charge in [-0.1, -0.05) is 31.0 Å². The fourth-order valence-electron chi connectivity index (χ4n) is 5.30. The lowest BCUT2D eigenvalue weighted by molar-refractivity contribution is 0.0785. The SMILES string of the molecule is O=C(c1ccc2c(c1)OCO2)N1CC[C@@]2(C1)NCc1ccccc1NC2=NC1CCCC1. The summed E-state index contributed by atoms with van der Waals surface area (Å²) in [4.78, 5) is 20.5. The molecule has 3 aliphatic heterocycles. The van der Waals surface area contributed by atoms with Gasteiger partial charge in [-0.25, -0.2) is 0 Å². The van der Waals surface area contributed by atoms with Crippen molar-refractivity contribution in [3.05, 3.63) is 53.6 Å². The molecule has 0 bridgehead atoms. The average Bonchev–Trinajstić information content (AvgIpc) is 3.56. The molecule has 2 N–H and O–H groups in total. The molecule has 1 saturated heterocycles. The van der Waals surface area contributed by atoms with Gasteiger partial charge in [0.1, 0.15) is 5.84 Å². The summed E-state index contributed by atoms with van der Waals surface area (Å²) in [5.74, 6) is 2.33. The number of carbonyl (C=O) groups is 1. The molecule has 7 heteroatoms. The molecule has 1 aliphatic carbocycles. The summed E-state index contributed by atoms with van der Waals surface area (Å²) >= 11 is 0. The standard InChI is InChI=1S/C25H28N4O3/c30-23(17-9-10-21-22(13-17)32-16-31-21)29-12-11-25(15-29)24(27-19-6-2-3-7-19)28-20-8-4-1-5-18(20)14-26-25/h1,4-5,8-10,13,19,26H,2-3,6-7,11-12,14-16H2,(H,27,28)/t25-/m0/s1. The number of anilines is 1. The number of para-hydroxylation sites is 1. The van der Waals surface area contributed by atoms with Gasteiger partial charge in [0.15, 0.2) is 11.5 Å². The number of amides is 1. The number of nitrogens with one attached hydrogen (secondary N) is 2. The number of rotatable bonds is 2. The van der Waals surface area contributed by atoms with Crippen LogP contribution < -0.4 is 20.1 Å². The van der Waals surface area contributed by atoms with E-state index < -0.39 is 0 Å². The number of likely N-dealkylation sites (tertiary alicyclic amines) is 1. The molecule has 2 aromatic carbocycles. The van der Waals surface area contributed by atoms with Crippen molar-refractivity contribution in [3.8, 4) is 11.5 Å². The summed E-state index contributed by atoms with van der Waals surface area (Å²) in [7, 11) is 0. The molecule has 0 aromatic heterocycles. The van der Waals surface area contributed by atoms with Crippen LogP contribution in [0.5, 0.6) is 11.5 Å². The minimum Gasteiger partial charge on any atom is -0.454 e. The summed E-state index contributed by atoms with van der Waals surface area (Å²) in [6, 6.07) is 14.2. The van der Waals surface area contributed by atoms with Crippen molar-refractivity contribution in [2.24, 2.45) is 4.99 Å². The lowest BCUT2D eigenvalue weighted by atomic mass is 9.96. The zero-order valence-electron chi connectivity index (χ0n) is 18.1. The van der Waals surface area contributed by atoms with E-state index in [1.807, 2.05) is 17.0 Å². The van der Waals surface area contributed by atoms with Crippen LogP contribution >= 0.6 is 0 Å². The van der Waals surface area contributed by atoms with Crippen LogP contribution in [0, 0.1) is 0 Å². The van der Waals surface area contributed by atoms with Crippen molar-refractivity contribution in [1.82, 2.24) is 10.2 Å². The monoisotopic (exact) mass is 432 g/mol. The quantitative estimate of drug-likeness (QED) is 0.759. The Morgan fingerprint density at radius 1 is 1.09 bits per heavy atom. The first-order valence-corrected chi connectivity index (χ1v) is 11.6. The number of aliphatic imine (C=N–C) groups is 1. The maximum Gasteiger partial charge on any atom is 0.254 e. The largest absolute Gasteiger partial charge is 0.454 e. The zero-order chi connectivity index (χ0) is 21.5. The molecule has 0 radical (unpaired) electrons. The Kier molecular flexibility index (Phi) is 4.79. The normalized spacial score (nSPS) is 25.8. The van der Waals surface area contributed by atoms with Gasteiger partial charge < -0.3 is 19.7 Å². The Balaban J connectivity index is 1.29. The Hall–Kier alpha value is -3.06. The number of carbonyl (C=O) groups excluding carboxylic acids is 1. The van der Waals surface area contributed by atoms with Crippen LogP contribution in [-0.4, -0.2) is 48.1 Å². The lowest BCUT2D eigenvalue weighted by Crippen LogP contribution is -2.55. The summed E-state index contributed by atoms with van der Waals surface area (Å²) in [5.41, 5.74) is 2.59. The fourth-order valence-corrected chi connectivity index (χ4v) is 5.30. The second kappa shape index (κ2) is 7.81. The molecule has 0 unspecified atom stereocenters. The van der Waals surface area contributed by atoms with Crippen LogP contribution in [0.3, 0.4) is 0 Å². The van der Waals surface area contributed by atoms with Gasteiger partial charge in [0.25, 0.3) is 5.91 Å². The number of hydrogen-bond acceptors (Lipinski definition) is 5. The van der Waals surface area contributed by atoms with Crippen molar-refractivity contribution in [3.63, 3.8) is 0 Å². The second-order valence-corrected chi connectivity index (χ2v) is 9.18. The van der Waals surface area contributed by atoms with E-state index in [1.165, 1.54) is 18.4 Å². The van der Waals surface area contributed by atoms with Crippen LogP contribution in [0.4, 0.5) is 5.69 Å². The van der Waals surface area contributed by atoms with Gasteiger partial charge in [0.2, 0.25) is 6.79 Å². The zero-order valence-corrected chi connectivity index (χ0v) is 18.1. The van der Waals surface area contributed by atoms with Gasteiger partial charge in [-0.15, -0.1) is 0 Å². The van der Waals surface area contributed by atoms with Crippen molar-refractivity contribution >= 4 is 17.4 Å². The molecule has 32 heavy (non-hydrogen) atoms. The van der Waals surface area contributed by atoms with Crippen LogP contribution in [0.25, 0.3) is 0 Å². The molecule has 166 valence electrons. The van der Waals surface area contributed by atoms with Crippen LogP contribution in [0.15, 0.2) is 47.5 Å². The molecule has 6 rings (SSSR count). The van der Waals surface area contributed by atoms with E-state index >= 15 is 0 Å². The number of ether oxygens (including phenoxy) is 2. The molecule has 1 saturated carbocycles. The minimum absolute atomic E-state index is 0.0175. The van der Waals surface area contributed by atoms with Crippen molar-refractivity contribution in [2.75, 3.05) is 25.2 Å². The number of benzene rings is 2. The number of nitrogens with zero attached hydrogens (tertiary/aromatic N) is 2. The molecule has 4 aliphatic rings. The van der Waals surface area contributed by atoms with Gasteiger partial charge in [-0.05, 0) is 49.1 Å². The predicted molar refractivity (Wildman–Crippen MR) is 122 cm³/mol. The molecule has 2 aromatic rings. The average molecular weight is 433 g/mol. The Labute approximate surface area is 187 Å². The highest BCUT2D eigenvalue weighted by atomic mass is 16.7. The highest BCUT2D eigenvalue weighted by molar-refractivity contribution is 6.05. The van der Waals surface area contributed by atoms with E-state index in [2.05, 4.69) is 34.9 Å². The van der Waals surface area contributed by atoms with E-state index in [0.717, 1.165) is 37.3 Å². The topological polar surface area (TPSA) is 75.2 Å². The van der Waals surface area contributed by atoms with Crippen LogP contribution in [0.1, 0.15) is 48.0 Å². The number of hydrogen-bond donors (Lipinski definition) is 2. The van der Waals surface area contributed by atoms with Gasteiger partial charge >= 0.3 is 0 Å². The van der Waals surface area contributed by atoms with Crippen molar-refractivity contribution in [1.29, 1.82) is 0 Å². The molecule has 1 amide bonds. The summed E-state index contributed by atoms with van der Waals surface area (Å²) < 4.78 is 10.9. The Bertz CT molecular complexity index is 1080. The number of amidine groups is 1. The van der Waals surface area contributed by atoms with Gasteiger partial charge in [0, 0.05) is 30.9 Å². The minimum atomic E-state index is -0.367. The predicted octanol–water partition coefficient (Wildman–Crippen LogP) is 3.56. The third-order valence-electron chi connectivity index (χ3n) is 7.15. The highest BCUT2D eigenvalue weighted by Crippen LogP contribution is 2.35. The van der Waals surface area contributed by atoms with Gasteiger partial charge in [-0.2, -0.15) is 0 Å². The van der Waals surface area contributed by atoms with E-state index in [1.54, 1.807) is 6.07 Å². The molecule has 7 nitrogen and oxygen atoms in total.